The van der Waals surface area contributed by atoms with Gasteiger partial charge in [0.1, 0.15) is 5.75 Å². The first-order valence-electron chi connectivity index (χ1n) is 10.2. The average Bonchev–Trinajstić information content (AvgIpc) is 3.28. The molecule has 0 atom stereocenters. The molecule has 11 heteroatoms. The van der Waals surface area contributed by atoms with Crippen LogP contribution in [0.15, 0.2) is 48.5 Å². The number of anilines is 1. The van der Waals surface area contributed by atoms with Gasteiger partial charge in [-0.15, -0.1) is 0 Å². The van der Waals surface area contributed by atoms with Gasteiger partial charge >= 0.3 is 18.1 Å². The summed E-state index contributed by atoms with van der Waals surface area (Å²) in [6.07, 6.45) is -1.71. The Morgan fingerprint density at radius 1 is 0.970 bits per heavy atom. The van der Waals surface area contributed by atoms with Crippen molar-refractivity contribution in [1.82, 2.24) is 15.4 Å². The van der Waals surface area contributed by atoms with E-state index in [1.54, 1.807) is 24.3 Å². The van der Waals surface area contributed by atoms with E-state index in [1.165, 1.54) is 19.3 Å². The van der Waals surface area contributed by atoms with Gasteiger partial charge in [-0.2, -0.15) is 13.2 Å². The van der Waals surface area contributed by atoms with Crippen LogP contribution >= 0.6 is 0 Å². The number of carbonyl (C=O) groups is 2. The standard InChI is InChI=1S/C22H19F3N4O4/c23-22(24,25)21(31)33-20(30)18-19(27-28-26-18)32-17-9-7-14(8-10-17)15-5-4-6-16(13-15)29-11-2-1-3-12-29/h4-10,13H,1-3,11-12H2,(H,26,27,28). The van der Waals surface area contributed by atoms with E-state index < -0.39 is 29.7 Å². The predicted octanol–water partition coefficient (Wildman–Crippen LogP) is 4.50. The Bertz CT molecular complexity index is 1140. The molecule has 0 radical (unpaired) electrons. The molecule has 2 aromatic carbocycles. The third kappa shape index (κ3) is 5.30. The smallest absolute Gasteiger partial charge is 0.436 e. The second kappa shape index (κ2) is 9.31. The van der Waals surface area contributed by atoms with Gasteiger partial charge in [-0.3, -0.25) is 0 Å². The predicted molar refractivity (Wildman–Crippen MR) is 111 cm³/mol. The number of aromatic nitrogens is 3. The fraction of sp³-hybridized carbons (Fsp3) is 0.273. The zero-order chi connectivity index (χ0) is 23.4. The minimum Gasteiger partial charge on any atom is -0.436 e. The Labute approximate surface area is 186 Å². The monoisotopic (exact) mass is 460 g/mol. The van der Waals surface area contributed by atoms with Crippen molar-refractivity contribution >= 4 is 17.6 Å². The van der Waals surface area contributed by atoms with Gasteiger partial charge in [0.2, 0.25) is 5.69 Å². The summed E-state index contributed by atoms with van der Waals surface area (Å²) in [4.78, 5) is 25.1. The molecule has 0 amide bonds. The van der Waals surface area contributed by atoms with Crippen LogP contribution in [0.25, 0.3) is 11.1 Å². The molecule has 0 saturated carbocycles. The maximum Gasteiger partial charge on any atom is 0.491 e. The lowest BCUT2D eigenvalue weighted by molar-refractivity contribution is -0.193. The second-order valence-electron chi connectivity index (χ2n) is 7.39. The van der Waals surface area contributed by atoms with E-state index >= 15 is 0 Å². The van der Waals surface area contributed by atoms with Crippen molar-refractivity contribution in [3.05, 3.63) is 54.2 Å². The molecule has 1 aliphatic heterocycles. The van der Waals surface area contributed by atoms with Crippen molar-refractivity contribution in [2.75, 3.05) is 18.0 Å². The quantitative estimate of drug-likeness (QED) is 0.442. The van der Waals surface area contributed by atoms with Gasteiger partial charge in [-0.05, 0) is 54.7 Å². The topological polar surface area (TPSA) is 97.4 Å². The summed E-state index contributed by atoms with van der Waals surface area (Å²) in [6, 6.07) is 15.0. The number of halogens is 3. The lowest BCUT2D eigenvalue weighted by atomic mass is 10.0. The van der Waals surface area contributed by atoms with Crippen LogP contribution in [0.4, 0.5) is 18.9 Å². The molecule has 0 unspecified atom stereocenters. The first kappa shape index (κ1) is 22.3. The number of hydrogen-bond donors (Lipinski definition) is 1. The molecule has 1 aliphatic rings. The molecule has 2 heterocycles. The molecule has 1 aromatic heterocycles. The van der Waals surface area contributed by atoms with Crippen molar-refractivity contribution in [2.45, 2.75) is 25.4 Å². The molecule has 1 saturated heterocycles. The Morgan fingerprint density at radius 3 is 2.39 bits per heavy atom. The number of ether oxygens (including phenoxy) is 2. The van der Waals surface area contributed by atoms with E-state index in [0.29, 0.717) is 0 Å². The highest BCUT2D eigenvalue weighted by molar-refractivity contribution is 5.98. The summed E-state index contributed by atoms with van der Waals surface area (Å²) in [5.74, 6) is -4.42. The second-order valence-corrected chi connectivity index (χ2v) is 7.39. The van der Waals surface area contributed by atoms with Gasteiger partial charge < -0.3 is 14.4 Å². The van der Waals surface area contributed by atoms with Crippen LogP contribution in [-0.2, 0) is 9.53 Å². The molecular formula is C22H19F3N4O4. The third-order valence-electron chi connectivity index (χ3n) is 5.11. The molecule has 3 aromatic rings. The Kier molecular flexibility index (Phi) is 6.29. The molecule has 1 fully saturated rings. The van der Waals surface area contributed by atoms with Crippen LogP contribution in [0.1, 0.15) is 29.8 Å². The third-order valence-corrected chi connectivity index (χ3v) is 5.11. The van der Waals surface area contributed by atoms with Crippen molar-refractivity contribution in [3.8, 4) is 22.8 Å². The Morgan fingerprint density at radius 2 is 1.70 bits per heavy atom. The van der Waals surface area contributed by atoms with Gasteiger partial charge in [0.15, 0.2) is 0 Å². The number of aromatic amines is 1. The average molecular weight is 460 g/mol. The zero-order valence-corrected chi connectivity index (χ0v) is 17.3. The van der Waals surface area contributed by atoms with Crippen molar-refractivity contribution in [1.29, 1.82) is 0 Å². The number of hydrogen-bond acceptors (Lipinski definition) is 7. The number of nitrogens with one attached hydrogen (secondary N) is 1. The summed E-state index contributed by atoms with van der Waals surface area (Å²) in [5, 5.41) is 8.92. The van der Waals surface area contributed by atoms with Crippen LogP contribution in [0.2, 0.25) is 0 Å². The number of rotatable bonds is 5. The molecule has 172 valence electrons. The highest BCUT2D eigenvalue weighted by Gasteiger charge is 2.43. The summed E-state index contributed by atoms with van der Waals surface area (Å²) < 4.78 is 46.1. The summed E-state index contributed by atoms with van der Waals surface area (Å²) >= 11 is 0. The summed E-state index contributed by atoms with van der Waals surface area (Å²) in [5.41, 5.74) is 2.48. The molecular weight excluding hydrogens is 441 g/mol. The highest BCUT2D eigenvalue weighted by Crippen LogP contribution is 2.29. The Hall–Kier alpha value is -3.89. The van der Waals surface area contributed by atoms with Gasteiger partial charge in [0, 0.05) is 18.8 Å². The lowest BCUT2D eigenvalue weighted by Crippen LogP contribution is -2.29. The van der Waals surface area contributed by atoms with Gasteiger partial charge in [-0.25, -0.2) is 14.7 Å². The fourth-order valence-electron chi connectivity index (χ4n) is 3.48. The zero-order valence-electron chi connectivity index (χ0n) is 17.3. The SMILES string of the molecule is O=C(OC(=O)C(F)(F)F)c1[nH]nnc1Oc1ccc(-c2cccc(N3CCCCC3)c2)cc1. The number of benzene rings is 2. The van der Waals surface area contributed by atoms with Crippen molar-refractivity contribution < 1.29 is 32.2 Å². The first-order chi connectivity index (χ1) is 15.8. The highest BCUT2D eigenvalue weighted by atomic mass is 19.4. The van der Waals surface area contributed by atoms with Crippen LogP contribution in [0.5, 0.6) is 11.6 Å². The van der Waals surface area contributed by atoms with Crippen LogP contribution in [0, 0.1) is 0 Å². The van der Waals surface area contributed by atoms with Crippen LogP contribution in [0.3, 0.4) is 0 Å². The first-order valence-corrected chi connectivity index (χ1v) is 10.2. The number of H-pyrrole nitrogens is 1. The van der Waals surface area contributed by atoms with E-state index in [0.717, 1.165) is 29.9 Å². The maximum absolute atomic E-state index is 12.3. The normalized spacial score (nSPS) is 14.1. The van der Waals surface area contributed by atoms with E-state index in [4.69, 9.17) is 4.74 Å². The van der Waals surface area contributed by atoms with E-state index in [2.05, 4.69) is 37.2 Å². The van der Waals surface area contributed by atoms with E-state index in [9.17, 15) is 22.8 Å². The van der Waals surface area contributed by atoms with Crippen LogP contribution < -0.4 is 9.64 Å². The molecule has 0 bridgehead atoms. The summed E-state index contributed by atoms with van der Waals surface area (Å²) in [7, 11) is 0. The number of nitrogens with zero attached hydrogens (tertiary/aromatic N) is 3. The van der Waals surface area contributed by atoms with E-state index in [-0.39, 0.29) is 5.75 Å². The largest absolute Gasteiger partial charge is 0.491 e. The molecule has 1 N–H and O–H groups in total. The van der Waals surface area contributed by atoms with E-state index in [1.807, 2.05) is 12.1 Å². The number of alkyl halides is 3. The number of piperidine rings is 1. The molecule has 0 spiro atoms. The van der Waals surface area contributed by atoms with Crippen LogP contribution in [-0.4, -0.2) is 46.6 Å². The summed E-state index contributed by atoms with van der Waals surface area (Å²) in [6.45, 7) is 2.07. The van der Waals surface area contributed by atoms with Gasteiger partial charge in [0.05, 0.1) is 0 Å². The lowest BCUT2D eigenvalue weighted by Gasteiger charge is -2.29. The van der Waals surface area contributed by atoms with Crippen molar-refractivity contribution in [3.63, 3.8) is 0 Å². The number of carbonyl (C=O) groups excluding carboxylic acids is 2. The van der Waals surface area contributed by atoms with Crippen molar-refractivity contribution in [2.24, 2.45) is 0 Å². The minimum absolute atomic E-state index is 0.260. The molecule has 33 heavy (non-hydrogen) atoms. The molecule has 8 nitrogen and oxygen atoms in total. The fourth-order valence-corrected chi connectivity index (χ4v) is 3.48. The van der Waals surface area contributed by atoms with Gasteiger partial charge in [-0.1, -0.05) is 34.6 Å². The Balaban J connectivity index is 1.46. The molecule has 0 aliphatic carbocycles. The molecule has 4 rings (SSSR count). The van der Waals surface area contributed by atoms with Gasteiger partial charge in [0.25, 0.3) is 5.88 Å². The maximum atomic E-state index is 12.3. The number of esters is 2. The minimum atomic E-state index is -5.31.